The zero-order valence-electron chi connectivity index (χ0n) is 13.7. The summed E-state index contributed by atoms with van der Waals surface area (Å²) >= 11 is 0. The van der Waals surface area contributed by atoms with E-state index in [2.05, 4.69) is 19.1 Å². The maximum atomic E-state index is 5.50. The summed E-state index contributed by atoms with van der Waals surface area (Å²) in [5.41, 5.74) is 0. The first-order chi connectivity index (χ1) is 9.83. The van der Waals surface area contributed by atoms with E-state index in [1.165, 1.54) is 70.6 Å². The molecule has 0 bridgehead atoms. The van der Waals surface area contributed by atoms with Crippen molar-refractivity contribution in [2.45, 2.75) is 83.7 Å². The Kier molecular flexibility index (Phi) is 7.13. The van der Waals surface area contributed by atoms with Crippen molar-refractivity contribution in [3.63, 3.8) is 0 Å². The first kappa shape index (κ1) is 16.1. The average Bonchev–Trinajstić information content (AvgIpc) is 2.52. The third kappa shape index (κ3) is 4.91. The van der Waals surface area contributed by atoms with Crippen molar-refractivity contribution in [3.8, 4) is 0 Å². The van der Waals surface area contributed by atoms with E-state index in [-0.39, 0.29) is 0 Å². The van der Waals surface area contributed by atoms with E-state index >= 15 is 0 Å². The molecule has 0 unspecified atom stereocenters. The standard InChI is InChI=1S/C19H34O/c1-3-4-5-6-7-16-8-10-17(11-9-16)18-12-14-19(20-2)15-13-18/h3-4,16-19H,5-15H2,1-2H3/b4-3-/t16-,17-,18-,19-. The van der Waals surface area contributed by atoms with Gasteiger partial charge in [-0.2, -0.15) is 0 Å². The van der Waals surface area contributed by atoms with E-state index in [1.807, 2.05) is 7.11 Å². The van der Waals surface area contributed by atoms with E-state index in [0.29, 0.717) is 6.10 Å². The zero-order valence-corrected chi connectivity index (χ0v) is 13.7. The lowest BCUT2D eigenvalue weighted by Crippen LogP contribution is -2.28. The minimum Gasteiger partial charge on any atom is -0.381 e. The van der Waals surface area contributed by atoms with Gasteiger partial charge in [0.25, 0.3) is 0 Å². The molecular formula is C19H34O. The van der Waals surface area contributed by atoms with Gasteiger partial charge in [0.1, 0.15) is 0 Å². The van der Waals surface area contributed by atoms with Gasteiger partial charge in [-0.25, -0.2) is 0 Å². The maximum absolute atomic E-state index is 5.50. The molecule has 2 aliphatic rings. The van der Waals surface area contributed by atoms with E-state index in [1.54, 1.807) is 0 Å². The molecule has 0 N–H and O–H groups in total. The lowest BCUT2D eigenvalue weighted by atomic mass is 9.70. The zero-order chi connectivity index (χ0) is 14.2. The first-order valence-electron chi connectivity index (χ1n) is 8.97. The Morgan fingerprint density at radius 2 is 1.50 bits per heavy atom. The van der Waals surface area contributed by atoms with Crippen LogP contribution >= 0.6 is 0 Å². The molecule has 2 fully saturated rings. The Bertz CT molecular complexity index is 267. The van der Waals surface area contributed by atoms with Gasteiger partial charge in [-0.15, -0.1) is 0 Å². The number of rotatable bonds is 6. The molecule has 1 heteroatoms. The molecule has 2 saturated carbocycles. The molecule has 0 aliphatic heterocycles. The van der Waals surface area contributed by atoms with Crippen LogP contribution in [0.25, 0.3) is 0 Å². The van der Waals surface area contributed by atoms with Crippen molar-refractivity contribution in [2.75, 3.05) is 7.11 Å². The second-order valence-electron chi connectivity index (χ2n) is 7.05. The SMILES string of the molecule is C/C=C\CCC[C@H]1CC[C@H]([C@H]2CC[C@H](OC)CC2)CC1. The van der Waals surface area contributed by atoms with Gasteiger partial charge in [-0.1, -0.05) is 31.4 Å². The minimum absolute atomic E-state index is 0.564. The monoisotopic (exact) mass is 278 g/mol. The summed E-state index contributed by atoms with van der Waals surface area (Å²) in [6.07, 6.45) is 20.7. The molecule has 0 amide bonds. The van der Waals surface area contributed by atoms with Crippen LogP contribution in [0.3, 0.4) is 0 Å². The summed E-state index contributed by atoms with van der Waals surface area (Å²) in [6, 6.07) is 0. The van der Waals surface area contributed by atoms with E-state index < -0.39 is 0 Å². The summed E-state index contributed by atoms with van der Waals surface area (Å²) in [5.74, 6) is 3.09. The third-order valence-electron chi connectivity index (χ3n) is 5.83. The van der Waals surface area contributed by atoms with Crippen LogP contribution in [0.2, 0.25) is 0 Å². The predicted octanol–water partition coefficient (Wildman–Crippen LogP) is 5.74. The minimum atomic E-state index is 0.564. The molecule has 1 nitrogen and oxygen atoms in total. The fraction of sp³-hybridized carbons (Fsp3) is 0.895. The molecule has 116 valence electrons. The molecule has 0 saturated heterocycles. The summed E-state index contributed by atoms with van der Waals surface area (Å²) in [6.45, 7) is 2.13. The summed E-state index contributed by atoms with van der Waals surface area (Å²) in [7, 11) is 1.88. The van der Waals surface area contributed by atoms with Crippen LogP contribution in [0.1, 0.15) is 77.6 Å². The smallest absolute Gasteiger partial charge is 0.0571 e. The highest BCUT2D eigenvalue weighted by Gasteiger charge is 2.30. The number of allylic oxidation sites excluding steroid dienone is 2. The van der Waals surface area contributed by atoms with Crippen LogP contribution in [0.15, 0.2) is 12.2 Å². The highest BCUT2D eigenvalue weighted by Crippen LogP contribution is 2.41. The van der Waals surface area contributed by atoms with Crippen molar-refractivity contribution < 1.29 is 4.74 Å². The van der Waals surface area contributed by atoms with E-state index in [4.69, 9.17) is 4.74 Å². The van der Waals surface area contributed by atoms with Gasteiger partial charge < -0.3 is 4.74 Å². The Morgan fingerprint density at radius 1 is 0.900 bits per heavy atom. The fourth-order valence-electron chi connectivity index (χ4n) is 4.44. The van der Waals surface area contributed by atoms with Crippen molar-refractivity contribution in [3.05, 3.63) is 12.2 Å². The fourth-order valence-corrected chi connectivity index (χ4v) is 4.44. The highest BCUT2D eigenvalue weighted by molar-refractivity contribution is 4.83. The van der Waals surface area contributed by atoms with E-state index in [0.717, 1.165) is 17.8 Å². The van der Waals surface area contributed by atoms with Gasteiger partial charge in [0.05, 0.1) is 6.10 Å². The Balaban J connectivity index is 1.62. The Labute approximate surface area is 126 Å². The Morgan fingerprint density at radius 3 is 2.05 bits per heavy atom. The van der Waals surface area contributed by atoms with Gasteiger partial charge in [-0.05, 0) is 76.0 Å². The lowest BCUT2D eigenvalue weighted by Gasteiger charge is -2.37. The topological polar surface area (TPSA) is 9.23 Å². The molecular weight excluding hydrogens is 244 g/mol. The van der Waals surface area contributed by atoms with Crippen molar-refractivity contribution in [2.24, 2.45) is 17.8 Å². The second-order valence-corrected chi connectivity index (χ2v) is 7.05. The number of hydrogen-bond donors (Lipinski definition) is 0. The average molecular weight is 278 g/mol. The molecule has 2 aliphatic carbocycles. The van der Waals surface area contributed by atoms with Crippen LogP contribution in [0, 0.1) is 17.8 Å². The molecule has 0 heterocycles. The molecule has 0 radical (unpaired) electrons. The predicted molar refractivity (Wildman–Crippen MR) is 86.9 cm³/mol. The summed E-state index contributed by atoms with van der Waals surface area (Å²) in [5, 5.41) is 0. The van der Waals surface area contributed by atoms with Gasteiger partial charge >= 0.3 is 0 Å². The molecule has 0 aromatic carbocycles. The van der Waals surface area contributed by atoms with Crippen LogP contribution in [-0.2, 0) is 4.74 Å². The van der Waals surface area contributed by atoms with Gasteiger partial charge in [0.2, 0.25) is 0 Å². The maximum Gasteiger partial charge on any atom is 0.0571 e. The third-order valence-corrected chi connectivity index (χ3v) is 5.83. The summed E-state index contributed by atoms with van der Waals surface area (Å²) in [4.78, 5) is 0. The Hall–Kier alpha value is -0.300. The highest BCUT2D eigenvalue weighted by atomic mass is 16.5. The number of unbranched alkanes of at least 4 members (excludes halogenated alkanes) is 1. The molecule has 0 aromatic heterocycles. The molecule has 0 spiro atoms. The molecule has 20 heavy (non-hydrogen) atoms. The first-order valence-corrected chi connectivity index (χ1v) is 8.97. The van der Waals surface area contributed by atoms with Crippen LogP contribution < -0.4 is 0 Å². The van der Waals surface area contributed by atoms with Gasteiger partial charge in [0, 0.05) is 7.11 Å². The quantitative estimate of drug-likeness (QED) is 0.444. The molecule has 2 rings (SSSR count). The van der Waals surface area contributed by atoms with Gasteiger partial charge in [0.15, 0.2) is 0 Å². The normalized spacial score (nSPS) is 35.5. The van der Waals surface area contributed by atoms with Crippen molar-refractivity contribution >= 4 is 0 Å². The number of methoxy groups -OCH3 is 1. The summed E-state index contributed by atoms with van der Waals surface area (Å²) < 4.78 is 5.50. The van der Waals surface area contributed by atoms with Crippen molar-refractivity contribution in [1.29, 1.82) is 0 Å². The van der Waals surface area contributed by atoms with E-state index in [9.17, 15) is 0 Å². The van der Waals surface area contributed by atoms with Crippen molar-refractivity contribution in [1.82, 2.24) is 0 Å². The number of hydrogen-bond acceptors (Lipinski definition) is 1. The number of ether oxygens (including phenoxy) is 1. The largest absolute Gasteiger partial charge is 0.381 e. The van der Waals surface area contributed by atoms with Gasteiger partial charge in [-0.3, -0.25) is 0 Å². The van der Waals surface area contributed by atoms with Crippen LogP contribution in [0.4, 0.5) is 0 Å². The van der Waals surface area contributed by atoms with Crippen LogP contribution in [0.5, 0.6) is 0 Å². The molecule has 0 aromatic rings. The lowest BCUT2D eigenvalue weighted by molar-refractivity contribution is 0.0391. The second kappa shape index (κ2) is 8.87. The molecule has 0 atom stereocenters. The van der Waals surface area contributed by atoms with Crippen LogP contribution in [-0.4, -0.2) is 13.2 Å².